The zero-order valence-electron chi connectivity index (χ0n) is 7.58. The standard InChI is InChI=1S/C10H15NO/c1-3-9-4-6-10(7-5-9)8(2)12-11/h4-8H,3,11H2,1-2H3. The van der Waals surface area contributed by atoms with Gasteiger partial charge in [-0.2, -0.15) is 0 Å². The molecule has 1 aromatic rings. The van der Waals surface area contributed by atoms with Crippen molar-refractivity contribution in [1.82, 2.24) is 0 Å². The van der Waals surface area contributed by atoms with Crippen LogP contribution < -0.4 is 5.90 Å². The summed E-state index contributed by atoms with van der Waals surface area (Å²) in [5.41, 5.74) is 2.46. The third-order valence-electron chi connectivity index (χ3n) is 2.06. The molecule has 0 aliphatic heterocycles. The van der Waals surface area contributed by atoms with Gasteiger partial charge in [-0.1, -0.05) is 31.2 Å². The van der Waals surface area contributed by atoms with E-state index in [4.69, 9.17) is 10.7 Å². The van der Waals surface area contributed by atoms with Crippen molar-refractivity contribution in [2.45, 2.75) is 26.4 Å². The predicted molar refractivity (Wildman–Crippen MR) is 49.5 cm³/mol. The highest BCUT2D eigenvalue weighted by atomic mass is 16.6. The number of hydrogen-bond donors (Lipinski definition) is 1. The van der Waals surface area contributed by atoms with E-state index in [9.17, 15) is 0 Å². The van der Waals surface area contributed by atoms with Gasteiger partial charge in [-0.15, -0.1) is 0 Å². The number of nitrogens with two attached hydrogens (primary N) is 1. The Kier molecular flexibility index (Phi) is 3.26. The first kappa shape index (κ1) is 9.23. The zero-order valence-corrected chi connectivity index (χ0v) is 7.58. The molecule has 0 aliphatic carbocycles. The summed E-state index contributed by atoms with van der Waals surface area (Å²) in [6.45, 7) is 4.07. The molecule has 1 unspecified atom stereocenters. The van der Waals surface area contributed by atoms with E-state index in [0.717, 1.165) is 12.0 Å². The summed E-state index contributed by atoms with van der Waals surface area (Å²) >= 11 is 0. The second-order valence-corrected chi connectivity index (χ2v) is 2.87. The van der Waals surface area contributed by atoms with Gasteiger partial charge in [-0.3, -0.25) is 4.84 Å². The van der Waals surface area contributed by atoms with Crippen molar-refractivity contribution in [2.75, 3.05) is 0 Å². The van der Waals surface area contributed by atoms with E-state index in [0.29, 0.717) is 0 Å². The zero-order chi connectivity index (χ0) is 8.97. The predicted octanol–water partition coefficient (Wildman–Crippen LogP) is 2.20. The van der Waals surface area contributed by atoms with Crippen molar-refractivity contribution in [1.29, 1.82) is 0 Å². The van der Waals surface area contributed by atoms with Crippen LogP contribution in [0.1, 0.15) is 31.1 Å². The van der Waals surface area contributed by atoms with E-state index >= 15 is 0 Å². The highest BCUT2D eigenvalue weighted by molar-refractivity contribution is 5.23. The lowest BCUT2D eigenvalue weighted by molar-refractivity contribution is 0.0664. The molecule has 0 saturated carbocycles. The van der Waals surface area contributed by atoms with E-state index in [2.05, 4.69) is 31.2 Å². The van der Waals surface area contributed by atoms with Crippen molar-refractivity contribution in [3.05, 3.63) is 35.4 Å². The summed E-state index contributed by atoms with van der Waals surface area (Å²) < 4.78 is 0. The lowest BCUT2D eigenvalue weighted by Crippen LogP contribution is -2.05. The summed E-state index contributed by atoms with van der Waals surface area (Å²) in [6, 6.07) is 8.31. The van der Waals surface area contributed by atoms with Crippen LogP contribution in [0.15, 0.2) is 24.3 Å². The molecule has 66 valence electrons. The van der Waals surface area contributed by atoms with Gasteiger partial charge in [0.1, 0.15) is 6.10 Å². The Morgan fingerprint density at radius 1 is 1.33 bits per heavy atom. The number of hydrogen-bond acceptors (Lipinski definition) is 2. The lowest BCUT2D eigenvalue weighted by atomic mass is 10.1. The monoisotopic (exact) mass is 165 g/mol. The fourth-order valence-electron chi connectivity index (χ4n) is 1.10. The number of rotatable bonds is 3. The fourth-order valence-corrected chi connectivity index (χ4v) is 1.10. The van der Waals surface area contributed by atoms with Crippen molar-refractivity contribution < 1.29 is 4.84 Å². The Labute approximate surface area is 73.3 Å². The topological polar surface area (TPSA) is 35.2 Å². The van der Waals surface area contributed by atoms with Gasteiger partial charge in [-0.25, -0.2) is 5.90 Å². The summed E-state index contributed by atoms with van der Waals surface area (Å²) in [4.78, 5) is 4.71. The second kappa shape index (κ2) is 4.24. The highest BCUT2D eigenvalue weighted by Gasteiger charge is 2.02. The third kappa shape index (κ3) is 2.06. The minimum Gasteiger partial charge on any atom is -0.297 e. The Hall–Kier alpha value is -0.860. The van der Waals surface area contributed by atoms with Crippen molar-refractivity contribution >= 4 is 0 Å². The van der Waals surface area contributed by atoms with E-state index in [1.807, 2.05) is 6.92 Å². The maximum atomic E-state index is 5.07. The molecule has 1 aromatic carbocycles. The largest absolute Gasteiger partial charge is 0.297 e. The minimum absolute atomic E-state index is 0.0177. The van der Waals surface area contributed by atoms with Gasteiger partial charge in [0.05, 0.1) is 0 Å². The molecule has 0 heterocycles. The van der Waals surface area contributed by atoms with Gasteiger partial charge in [0.25, 0.3) is 0 Å². The smallest absolute Gasteiger partial charge is 0.101 e. The van der Waals surface area contributed by atoms with Gasteiger partial charge in [0.2, 0.25) is 0 Å². The molecule has 12 heavy (non-hydrogen) atoms. The van der Waals surface area contributed by atoms with Gasteiger partial charge in [0, 0.05) is 0 Å². The molecule has 2 heteroatoms. The summed E-state index contributed by atoms with van der Waals surface area (Å²) in [5, 5.41) is 0. The molecule has 0 amide bonds. The van der Waals surface area contributed by atoms with Gasteiger partial charge in [-0.05, 0) is 24.5 Å². The molecule has 0 bridgehead atoms. The van der Waals surface area contributed by atoms with Crippen LogP contribution in [-0.4, -0.2) is 0 Å². The minimum atomic E-state index is -0.0177. The molecule has 0 aliphatic rings. The molecule has 2 nitrogen and oxygen atoms in total. The van der Waals surface area contributed by atoms with Crippen molar-refractivity contribution in [3.63, 3.8) is 0 Å². The Morgan fingerprint density at radius 2 is 1.92 bits per heavy atom. The SMILES string of the molecule is CCc1ccc(C(C)ON)cc1. The molecule has 2 N–H and O–H groups in total. The Morgan fingerprint density at radius 3 is 2.33 bits per heavy atom. The molecule has 1 rings (SSSR count). The van der Waals surface area contributed by atoms with Crippen molar-refractivity contribution in [3.8, 4) is 0 Å². The second-order valence-electron chi connectivity index (χ2n) is 2.87. The van der Waals surface area contributed by atoms with Crippen LogP contribution in [0.3, 0.4) is 0 Å². The van der Waals surface area contributed by atoms with E-state index in [-0.39, 0.29) is 6.10 Å². The van der Waals surface area contributed by atoms with Crippen LogP contribution in [0.2, 0.25) is 0 Å². The number of aryl methyl sites for hydroxylation is 1. The van der Waals surface area contributed by atoms with E-state index < -0.39 is 0 Å². The molecule has 0 spiro atoms. The highest BCUT2D eigenvalue weighted by Crippen LogP contribution is 2.15. The maximum Gasteiger partial charge on any atom is 0.101 e. The van der Waals surface area contributed by atoms with Crippen molar-refractivity contribution in [2.24, 2.45) is 5.90 Å². The summed E-state index contributed by atoms with van der Waals surface area (Å²) in [5.74, 6) is 5.07. The maximum absolute atomic E-state index is 5.07. The van der Waals surface area contributed by atoms with Crippen LogP contribution >= 0.6 is 0 Å². The first-order valence-corrected chi connectivity index (χ1v) is 4.22. The molecule has 0 radical (unpaired) electrons. The normalized spacial score (nSPS) is 12.9. The van der Waals surface area contributed by atoms with Crippen LogP contribution in [0, 0.1) is 0 Å². The Balaban J connectivity index is 2.77. The molecule has 1 atom stereocenters. The molecule has 0 fully saturated rings. The molecule has 0 aromatic heterocycles. The quantitative estimate of drug-likeness (QED) is 0.697. The number of benzene rings is 1. The first-order valence-electron chi connectivity index (χ1n) is 4.22. The molecular formula is C10H15NO. The Bertz CT molecular complexity index is 230. The molecule has 0 saturated heterocycles. The van der Waals surface area contributed by atoms with Crippen LogP contribution in [0.25, 0.3) is 0 Å². The summed E-state index contributed by atoms with van der Waals surface area (Å²) in [6.07, 6.45) is 1.05. The van der Waals surface area contributed by atoms with Crippen LogP contribution in [0.5, 0.6) is 0 Å². The third-order valence-corrected chi connectivity index (χ3v) is 2.06. The average molecular weight is 165 g/mol. The van der Waals surface area contributed by atoms with Crippen LogP contribution in [-0.2, 0) is 11.3 Å². The van der Waals surface area contributed by atoms with Crippen LogP contribution in [0.4, 0.5) is 0 Å². The first-order chi connectivity index (χ1) is 5.77. The van der Waals surface area contributed by atoms with E-state index in [1.54, 1.807) is 0 Å². The van der Waals surface area contributed by atoms with E-state index in [1.165, 1.54) is 5.56 Å². The molecular weight excluding hydrogens is 150 g/mol. The fraction of sp³-hybridized carbons (Fsp3) is 0.400. The average Bonchev–Trinajstić information content (AvgIpc) is 2.17. The lowest BCUT2D eigenvalue weighted by Gasteiger charge is -2.08. The van der Waals surface area contributed by atoms with Gasteiger partial charge >= 0.3 is 0 Å². The summed E-state index contributed by atoms with van der Waals surface area (Å²) in [7, 11) is 0. The van der Waals surface area contributed by atoms with Gasteiger partial charge < -0.3 is 0 Å². The van der Waals surface area contributed by atoms with Gasteiger partial charge in [0.15, 0.2) is 0 Å².